The van der Waals surface area contributed by atoms with Crippen LogP contribution in [0.3, 0.4) is 0 Å². The summed E-state index contributed by atoms with van der Waals surface area (Å²) in [5, 5.41) is 2.48. The molecule has 3 saturated heterocycles. The van der Waals surface area contributed by atoms with Gasteiger partial charge in [-0.05, 0) is 48.6 Å². The van der Waals surface area contributed by atoms with Gasteiger partial charge in [-0.15, -0.1) is 9.34 Å². The lowest BCUT2D eigenvalue weighted by molar-refractivity contribution is -0.194. The molecule has 3 aliphatic rings. The zero-order chi connectivity index (χ0) is 16.9. The van der Waals surface area contributed by atoms with Gasteiger partial charge in [0.1, 0.15) is 0 Å². The summed E-state index contributed by atoms with van der Waals surface area (Å²) in [5.74, 6) is 0. The van der Waals surface area contributed by atoms with Crippen LogP contribution >= 0.6 is 7.94 Å². The summed E-state index contributed by atoms with van der Waals surface area (Å²) in [6.07, 6.45) is 5.99. The van der Waals surface area contributed by atoms with Gasteiger partial charge in [-0.3, -0.25) is 0 Å². The van der Waals surface area contributed by atoms with E-state index >= 15 is 0 Å². The molecule has 0 aromatic heterocycles. The Kier molecular flexibility index (Phi) is 3.98. The Morgan fingerprint density at radius 3 is 2.52 bits per heavy atom. The van der Waals surface area contributed by atoms with Crippen LogP contribution in [0.2, 0.25) is 0 Å². The SMILES string of the molecule is [O-][P+]1(N2CCCCC2)N(c2ccc3ccccc3c2)C[C@@H]2CCCN21. The van der Waals surface area contributed by atoms with E-state index in [4.69, 9.17) is 0 Å². The van der Waals surface area contributed by atoms with Crippen LogP contribution in [0.15, 0.2) is 42.5 Å². The Morgan fingerprint density at radius 1 is 0.880 bits per heavy atom. The number of benzene rings is 2. The van der Waals surface area contributed by atoms with Crippen molar-refractivity contribution in [2.75, 3.05) is 30.8 Å². The number of anilines is 1. The smallest absolute Gasteiger partial charge is 0.209 e. The first-order valence-electron chi connectivity index (χ1n) is 9.66. The van der Waals surface area contributed by atoms with Crippen LogP contribution in [-0.2, 0) is 0 Å². The minimum absolute atomic E-state index is 0.458. The number of hydrogen-bond donors (Lipinski definition) is 0. The molecule has 25 heavy (non-hydrogen) atoms. The molecule has 0 amide bonds. The number of piperidine rings is 1. The van der Waals surface area contributed by atoms with Crippen molar-refractivity contribution in [3.63, 3.8) is 0 Å². The van der Waals surface area contributed by atoms with E-state index in [1.165, 1.54) is 42.9 Å². The number of rotatable bonds is 2. The van der Waals surface area contributed by atoms with E-state index in [0.29, 0.717) is 6.04 Å². The fraction of sp³-hybridized carbons (Fsp3) is 0.500. The first-order chi connectivity index (χ1) is 12.3. The second-order valence-electron chi connectivity index (χ2n) is 7.60. The summed E-state index contributed by atoms with van der Waals surface area (Å²) in [6.45, 7) is 3.85. The largest absolute Gasteiger partial charge is 0.631 e. The van der Waals surface area contributed by atoms with Gasteiger partial charge < -0.3 is 4.89 Å². The maximum Gasteiger partial charge on any atom is 0.209 e. The molecule has 1 unspecified atom stereocenters. The second-order valence-corrected chi connectivity index (χ2v) is 10.2. The van der Waals surface area contributed by atoms with E-state index in [2.05, 4.69) is 56.5 Å². The van der Waals surface area contributed by atoms with Crippen molar-refractivity contribution >= 4 is 24.4 Å². The van der Waals surface area contributed by atoms with Crippen molar-refractivity contribution in [1.29, 1.82) is 0 Å². The van der Waals surface area contributed by atoms with Crippen LogP contribution in [0.4, 0.5) is 5.69 Å². The fourth-order valence-electron chi connectivity index (χ4n) is 4.84. The van der Waals surface area contributed by atoms with Gasteiger partial charge in [-0.25, -0.2) is 4.67 Å². The minimum atomic E-state index is -2.66. The van der Waals surface area contributed by atoms with Gasteiger partial charge in [0.25, 0.3) is 0 Å². The Hall–Kier alpha value is -1.19. The zero-order valence-electron chi connectivity index (χ0n) is 14.7. The highest BCUT2D eigenvalue weighted by atomic mass is 31.2. The summed E-state index contributed by atoms with van der Waals surface area (Å²) in [4.78, 5) is 14.4. The molecule has 0 radical (unpaired) electrons. The van der Waals surface area contributed by atoms with Crippen LogP contribution in [-0.4, -0.2) is 41.6 Å². The molecule has 3 heterocycles. The molecule has 0 aliphatic carbocycles. The topological polar surface area (TPSA) is 32.8 Å². The van der Waals surface area contributed by atoms with Crippen molar-refractivity contribution in [3.8, 4) is 0 Å². The molecule has 0 bridgehead atoms. The number of fused-ring (bicyclic) bond motifs is 2. The molecule has 0 spiro atoms. The third-order valence-corrected chi connectivity index (χ3v) is 9.47. The van der Waals surface area contributed by atoms with Crippen LogP contribution < -0.4 is 9.56 Å². The molecular formula is C20H26N3OP. The molecule has 2 aromatic rings. The molecular weight excluding hydrogens is 329 g/mol. The Morgan fingerprint density at radius 2 is 1.68 bits per heavy atom. The van der Waals surface area contributed by atoms with Crippen molar-refractivity contribution in [2.45, 2.75) is 38.1 Å². The average Bonchev–Trinajstić information content (AvgIpc) is 3.24. The second kappa shape index (κ2) is 6.21. The van der Waals surface area contributed by atoms with Gasteiger partial charge in [0.2, 0.25) is 7.94 Å². The molecule has 132 valence electrons. The zero-order valence-corrected chi connectivity index (χ0v) is 15.6. The summed E-state index contributed by atoms with van der Waals surface area (Å²) in [7, 11) is -2.66. The number of nitrogens with zero attached hydrogens (tertiary/aromatic N) is 3. The van der Waals surface area contributed by atoms with Crippen molar-refractivity contribution in [3.05, 3.63) is 42.5 Å². The lowest BCUT2D eigenvalue weighted by Gasteiger charge is -2.47. The molecule has 2 aromatic carbocycles. The van der Waals surface area contributed by atoms with Crippen molar-refractivity contribution in [2.24, 2.45) is 0 Å². The third kappa shape index (κ3) is 2.50. The van der Waals surface area contributed by atoms with Gasteiger partial charge in [-0.2, -0.15) is 0 Å². The summed E-state index contributed by atoms with van der Waals surface area (Å²) >= 11 is 0. The maximum absolute atomic E-state index is 14.4. The molecule has 2 atom stereocenters. The first kappa shape index (κ1) is 16.0. The van der Waals surface area contributed by atoms with Gasteiger partial charge >= 0.3 is 0 Å². The van der Waals surface area contributed by atoms with Crippen molar-refractivity contribution in [1.82, 2.24) is 9.34 Å². The fourth-order valence-corrected chi connectivity index (χ4v) is 8.39. The molecule has 3 fully saturated rings. The van der Waals surface area contributed by atoms with E-state index in [0.717, 1.165) is 31.9 Å². The molecule has 0 N–H and O–H groups in total. The van der Waals surface area contributed by atoms with Crippen LogP contribution in [0.5, 0.6) is 0 Å². The van der Waals surface area contributed by atoms with Crippen LogP contribution in [0.25, 0.3) is 10.8 Å². The van der Waals surface area contributed by atoms with Crippen LogP contribution in [0.1, 0.15) is 32.1 Å². The van der Waals surface area contributed by atoms with E-state index < -0.39 is 7.94 Å². The third-order valence-electron chi connectivity index (χ3n) is 6.11. The highest BCUT2D eigenvalue weighted by Crippen LogP contribution is 2.68. The molecule has 0 saturated carbocycles. The average molecular weight is 355 g/mol. The lowest BCUT2D eigenvalue weighted by Crippen LogP contribution is -2.47. The maximum atomic E-state index is 14.4. The van der Waals surface area contributed by atoms with Crippen molar-refractivity contribution < 1.29 is 4.89 Å². The molecule has 4 nitrogen and oxygen atoms in total. The summed E-state index contributed by atoms with van der Waals surface area (Å²) < 4.78 is 6.93. The highest BCUT2D eigenvalue weighted by Gasteiger charge is 2.58. The summed E-state index contributed by atoms with van der Waals surface area (Å²) in [5.41, 5.74) is 1.13. The quantitative estimate of drug-likeness (QED) is 0.770. The highest BCUT2D eigenvalue weighted by molar-refractivity contribution is 7.66. The van der Waals surface area contributed by atoms with E-state index in [9.17, 15) is 4.89 Å². The monoisotopic (exact) mass is 355 g/mol. The van der Waals surface area contributed by atoms with Gasteiger partial charge in [0.05, 0.1) is 18.3 Å². The van der Waals surface area contributed by atoms with E-state index in [1.807, 2.05) is 0 Å². The lowest BCUT2D eigenvalue weighted by atomic mass is 10.1. The van der Waals surface area contributed by atoms with E-state index in [1.54, 1.807) is 0 Å². The van der Waals surface area contributed by atoms with E-state index in [-0.39, 0.29) is 0 Å². The summed E-state index contributed by atoms with van der Waals surface area (Å²) in [6, 6.07) is 15.5. The first-order valence-corrected chi connectivity index (χ1v) is 11.2. The van der Waals surface area contributed by atoms with Gasteiger partial charge in [0, 0.05) is 19.6 Å². The minimum Gasteiger partial charge on any atom is -0.631 e. The Balaban J connectivity index is 1.57. The van der Waals surface area contributed by atoms with Gasteiger partial charge in [0.15, 0.2) is 0 Å². The molecule has 5 rings (SSSR count). The Bertz CT molecular complexity index is 778. The number of hydrogen-bond acceptors (Lipinski definition) is 4. The Labute approximate surface area is 150 Å². The predicted octanol–water partition coefficient (Wildman–Crippen LogP) is 3.65. The normalized spacial score (nSPS) is 30.9. The standard InChI is InChI=1S/C20H26N3OP/c24-25(21-12-4-1-5-13-21)22-14-6-9-20(22)16-23(25)19-11-10-17-7-2-3-8-18(17)15-19/h2-3,7-8,10-11,15,20H,1,4-6,9,12-14,16H2/t20-,25?/m0/s1. The molecule has 3 aliphatic heterocycles. The van der Waals surface area contributed by atoms with Gasteiger partial charge in [-0.1, -0.05) is 36.8 Å². The van der Waals surface area contributed by atoms with Crippen LogP contribution in [0, 0.1) is 0 Å². The molecule has 5 heteroatoms. The predicted molar refractivity (Wildman–Crippen MR) is 103 cm³/mol.